The molecule has 0 radical (unpaired) electrons. The van der Waals surface area contributed by atoms with Crippen molar-refractivity contribution in [1.29, 1.82) is 0 Å². The van der Waals surface area contributed by atoms with Gasteiger partial charge in [-0.05, 0) is 100 Å². The van der Waals surface area contributed by atoms with Crippen LogP contribution in [0.2, 0.25) is 0 Å². The van der Waals surface area contributed by atoms with Gasteiger partial charge in [0.1, 0.15) is 0 Å². The maximum Gasteiger partial charge on any atom is 0.0841 e. The maximum atomic E-state index is 6.51. The summed E-state index contributed by atoms with van der Waals surface area (Å²) in [7, 11) is 0. The van der Waals surface area contributed by atoms with Crippen LogP contribution in [-0.4, -0.2) is 6.04 Å². The smallest absolute Gasteiger partial charge is 0.0841 e. The van der Waals surface area contributed by atoms with E-state index in [0.29, 0.717) is 5.92 Å². The largest absolute Gasteiger partial charge is 0.398 e. The van der Waals surface area contributed by atoms with E-state index < -0.39 is 0 Å². The zero-order valence-electron chi connectivity index (χ0n) is 28.7. The molecule has 1 atom stereocenters. The Morgan fingerprint density at radius 3 is 1.94 bits per heavy atom. The fourth-order valence-electron chi connectivity index (χ4n) is 6.08. The molecular formula is C44H48N2S2. The number of rotatable bonds is 12. The minimum atomic E-state index is 0.0470. The molecule has 0 spiro atoms. The summed E-state index contributed by atoms with van der Waals surface area (Å²) in [5.74, 6) is 1.43. The van der Waals surface area contributed by atoms with Crippen LogP contribution in [-0.2, 0) is 12.8 Å². The Morgan fingerprint density at radius 2 is 1.31 bits per heavy atom. The van der Waals surface area contributed by atoms with Crippen molar-refractivity contribution >= 4 is 47.1 Å². The first-order valence-electron chi connectivity index (χ1n) is 17.4. The molecule has 2 aliphatic rings. The van der Waals surface area contributed by atoms with Gasteiger partial charge in [-0.15, -0.1) is 0 Å². The van der Waals surface area contributed by atoms with Crippen molar-refractivity contribution < 1.29 is 0 Å². The molecule has 0 saturated heterocycles. The summed E-state index contributed by atoms with van der Waals surface area (Å²) in [6, 6.07) is 35.1. The topological polar surface area (TPSA) is 38.0 Å². The highest BCUT2D eigenvalue weighted by atomic mass is 32.2. The van der Waals surface area contributed by atoms with Gasteiger partial charge in [0.2, 0.25) is 0 Å². The monoisotopic (exact) mass is 668 g/mol. The van der Waals surface area contributed by atoms with Gasteiger partial charge >= 0.3 is 0 Å². The summed E-state index contributed by atoms with van der Waals surface area (Å²) < 4.78 is 0. The lowest BCUT2D eigenvalue weighted by atomic mass is 9.92. The van der Waals surface area contributed by atoms with Crippen molar-refractivity contribution in [3.8, 4) is 0 Å². The Labute approximate surface area is 296 Å². The number of nitrogens with two attached hydrogens (primary N) is 1. The number of para-hydroxylation sites is 2. The molecule has 4 aromatic rings. The minimum absolute atomic E-state index is 0.0470. The summed E-state index contributed by atoms with van der Waals surface area (Å²) >= 11 is 3.71. The van der Waals surface area contributed by atoms with Crippen molar-refractivity contribution in [2.24, 2.45) is 11.8 Å². The summed E-state index contributed by atoms with van der Waals surface area (Å²) in [5, 5.41) is 3.94. The number of anilines is 2. The first kappa shape index (κ1) is 34.0. The van der Waals surface area contributed by atoms with E-state index in [1.54, 1.807) is 11.8 Å². The quantitative estimate of drug-likeness (QED) is 0.147. The third kappa shape index (κ3) is 8.78. The number of benzene rings is 4. The zero-order valence-corrected chi connectivity index (χ0v) is 30.3. The first-order valence-corrected chi connectivity index (χ1v) is 19.0. The third-order valence-corrected chi connectivity index (χ3v) is 11.5. The lowest BCUT2D eigenvalue weighted by molar-refractivity contribution is 0.586. The van der Waals surface area contributed by atoms with E-state index in [4.69, 9.17) is 5.73 Å². The van der Waals surface area contributed by atoms with Crippen LogP contribution in [0.25, 0.3) is 12.2 Å². The Morgan fingerprint density at radius 1 is 0.729 bits per heavy atom. The second-order valence-electron chi connectivity index (χ2n) is 13.8. The number of thioether (sulfide) groups is 2. The van der Waals surface area contributed by atoms with Crippen LogP contribution in [0, 0.1) is 11.8 Å². The fraction of sp³-hybridized carbons (Fsp3) is 0.273. The zero-order chi connectivity index (χ0) is 33.5. The van der Waals surface area contributed by atoms with Crippen molar-refractivity contribution in [1.82, 2.24) is 0 Å². The van der Waals surface area contributed by atoms with Crippen molar-refractivity contribution in [3.05, 3.63) is 152 Å². The number of nitrogen functional groups attached to an aromatic ring is 1. The van der Waals surface area contributed by atoms with E-state index in [1.165, 1.54) is 66.6 Å². The van der Waals surface area contributed by atoms with Crippen molar-refractivity contribution in [3.63, 3.8) is 0 Å². The number of aryl methyl sites for hydroxylation is 2. The van der Waals surface area contributed by atoms with Crippen molar-refractivity contribution in [2.45, 2.75) is 75.6 Å². The van der Waals surface area contributed by atoms with Gasteiger partial charge in [-0.3, -0.25) is 0 Å². The van der Waals surface area contributed by atoms with E-state index in [1.807, 2.05) is 23.9 Å². The average Bonchev–Trinajstić information content (AvgIpc) is 3.09. The summed E-state index contributed by atoms with van der Waals surface area (Å²) in [5.41, 5.74) is 16.4. The van der Waals surface area contributed by atoms with Crippen LogP contribution in [0.15, 0.2) is 140 Å². The number of hydrogen-bond donors (Lipinski definition) is 2. The van der Waals surface area contributed by atoms with Crippen LogP contribution in [0.5, 0.6) is 0 Å². The van der Waals surface area contributed by atoms with Gasteiger partial charge in [-0.1, -0.05) is 148 Å². The lowest BCUT2D eigenvalue weighted by Gasteiger charge is -2.36. The Hall–Kier alpha value is -3.86. The van der Waals surface area contributed by atoms with Gasteiger partial charge in [-0.25, -0.2) is 0 Å². The molecule has 6 rings (SSSR count). The summed E-state index contributed by atoms with van der Waals surface area (Å²) in [4.78, 5) is 5.06. The summed E-state index contributed by atoms with van der Waals surface area (Å²) in [6.07, 6.45) is 14.8. The molecule has 0 fully saturated rings. The van der Waals surface area contributed by atoms with Crippen LogP contribution < -0.4 is 11.1 Å². The highest BCUT2D eigenvalue weighted by Gasteiger charge is 2.33. The van der Waals surface area contributed by atoms with E-state index in [0.717, 1.165) is 35.8 Å². The Bertz CT molecular complexity index is 1820. The van der Waals surface area contributed by atoms with Gasteiger partial charge in [0, 0.05) is 32.5 Å². The Balaban J connectivity index is 1.35. The second-order valence-corrected chi connectivity index (χ2v) is 16.0. The SMILES string of the molecule is CC(C)CCc1ccc(/C=C/C2=C3Sc4ccccc4NC3C(/C=C/c3ccc(CCC(C)C)cc3)=C(Sc3ccccc3N)C2)cc1. The molecule has 0 saturated carbocycles. The van der Waals surface area contributed by atoms with E-state index in [2.05, 4.69) is 142 Å². The average molecular weight is 669 g/mol. The van der Waals surface area contributed by atoms with Crippen LogP contribution in [0.4, 0.5) is 11.4 Å². The van der Waals surface area contributed by atoms with Crippen LogP contribution in [0.3, 0.4) is 0 Å². The van der Waals surface area contributed by atoms with Crippen LogP contribution in [0.1, 0.15) is 69.2 Å². The maximum absolute atomic E-state index is 6.51. The number of allylic oxidation sites excluding steroid dienone is 3. The molecule has 4 aromatic carbocycles. The van der Waals surface area contributed by atoms with Crippen LogP contribution >= 0.6 is 23.5 Å². The molecule has 4 heteroatoms. The lowest BCUT2D eigenvalue weighted by Crippen LogP contribution is -2.30. The molecule has 246 valence electrons. The molecule has 1 unspecified atom stereocenters. The highest BCUT2D eigenvalue weighted by molar-refractivity contribution is 8.04. The number of hydrogen-bond acceptors (Lipinski definition) is 4. The van der Waals surface area contributed by atoms with Gasteiger partial charge < -0.3 is 11.1 Å². The van der Waals surface area contributed by atoms with E-state index in [9.17, 15) is 0 Å². The fourth-order valence-corrected chi connectivity index (χ4v) is 8.41. The highest BCUT2D eigenvalue weighted by Crippen LogP contribution is 2.51. The summed E-state index contributed by atoms with van der Waals surface area (Å²) in [6.45, 7) is 9.17. The molecular weight excluding hydrogens is 621 g/mol. The molecule has 1 aliphatic carbocycles. The van der Waals surface area contributed by atoms with Gasteiger partial charge in [0.25, 0.3) is 0 Å². The first-order chi connectivity index (χ1) is 23.3. The normalized spacial score (nSPS) is 16.2. The molecule has 2 nitrogen and oxygen atoms in total. The molecule has 48 heavy (non-hydrogen) atoms. The molecule has 1 heterocycles. The number of fused-ring (bicyclic) bond motifs is 2. The molecule has 1 aliphatic heterocycles. The molecule has 3 N–H and O–H groups in total. The van der Waals surface area contributed by atoms with Crippen molar-refractivity contribution in [2.75, 3.05) is 11.1 Å². The molecule has 0 amide bonds. The Kier molecular flexibility index (Phi) is 11.4. The van der Waals surface area contributed by atoms with E-state index in [-0.39, 0.29) is 6.04 Å². The van der Waals surface area contributed by atoms with Gasteiger partial charge in [0.05, 0.1) is 6.04 Å². The number of nitrogens with one attached hydrogen (secondary N) is 1. The predicted molar refractivity (Wildman–Crippen MR) is 212 cm³/mol. The molecule has 0 bridgehead atoms. The van der Waals surface area contributed by atoms with Gasteiger partial charge in [0.15, 0.2) is 0 Å². The second kappa shape index (κ2) is 16.0. The minimum Gasteiger partial charge on any atom is -0.398 e. The third-order valence-electron chi connectivity index (χ3n) is 9.03. The van der Waals surface area contributed by atoms with Gasteiger partial charge in [-0.2, -0.15) is 0 Å². The standard InChI is InChI=1S/C44H48N2S2/c1-30(2)13-15-32-17-21-34(22-18-32)25-27-36-29-42(47-40-11-7-5-9-38(40)45)37(43-44(36)48-41-12-8-6-10-39(41)46-43)28-26-35-23-19-33(20-24-35)16-14-31(3)4/h5-12,17-28,30-31,43,46H,13-16,29,45H2,1-4H3/b27-25+,28-26+. The molecule has 0 aromatic heterocycles. The predicted octanol–water partition coefficient (Wildman–Crippen LogP) is 12.5. The van der Waals surface area contributed by atoms with E-state index >= 15 is 0 Å².